The van der Waals surface area contributed by atoms with Crippen LogP contribution >= 0.6 is 0 Å². The van der Waals surface area contributed by atoms with Crippen molar-refractivity contribution in [2.24, 2.45) is 10.9 Å². The van der Waals surface area contributed by atoms with Crippen LogP contribution in [0.15, 0.2) is 64.9 Å². The summed E-state index contributed by atoms with van der Waals surface area (Å²) in [6.45, 7) is 7.40. The van der Waals surface area contributed by atoms with Crippen LogP contribution in [0, 0.1) is 5.92 Å². The van der Waals surface area contributed by atoms with Crippen LogP contribution in [0.4, 0.5) is 0 Å². The highest BCUT2D eigenvalue weighted by atomic mass is 16.1. The van der Waals surface area contributed by atoms with Gasteiger partial charge in [-0.05, 0) is 37.5 Å². The Balaban J connectivity index is 3.11. The lowest BCUT2D eigenvalue weighted by Gasteiger charge is -2.07. The number of rotatable bonds is 6. The van der Waals surface area contributed by atoms with Gasteiger partial charge >= 0.3 is 0 Å². The lowest BCUT2D eigenvalue weighted by molar-refractivity contribution is -0.117. The number of ketones is 2. The van der Waals surface area contributed by atoms with E-state index in [0.717, 1.165) is 24.1 Å². The van der Waals surface area contributed by atoms with E-state index < -0.39 is 0 Å². The van der Waals surface area contributed by atoms with Gasteiger partial charge in [0.2, 0.25) is 0 Å². The number of carbonyl (C=O) groups excluding carboxylic acids is 2. The van der Waals surface area contributed by atoms with E-state index in [-0.39, 0.29) is 17.5 Å². The number of Topliss-reactive ketones (excluding diaryl/α,β-unsaturated/α-hetero) is 1. The summed E-state index contributed by atoms with van der Waals surface area (Å²) in [6.07, 6.45) is 17.0. The Morgan fingerprint density at radius 3 is 2.71 bits per heavy atom. The summed E-state index contributed by atoms with van der Waals surface area (Å²) in [5.41, 5.74) is 2.54. The van der Waals surface area contributed by atoms with Gasteiger partial charge in [-0.25, -0.2) is 0 Å². The highest BCUT2D eigenvalue weighted by Gasteiger charge is 2.09. The van der Waals surface area contributed by atoms with E-state index in [2.05, 4.69) is 11.9 Å². The minimum absolute atomic E-state index is 0.0115. The summed E-state index contributed by atoms with van der Waals surface area (Å²) in [5.74, 6) is 0.0578. The van der Waals surface area contributed by atoms with Gasteiger partial charge in [-0.3, -0.25) is 14.6 Å². The maximum Gasteiger partial charge on any atom is 0.160 e. The van der Waals surface area contributed by atoms with E-state index in [9.17, 15) is 9.59 Å². The van der Waals surface area contributed by atoms with Crippen LogP contribution in [-0.4, -0.2) is 17.3 Å². The number of nitrogens with zero attached hydrogens (tertiary/aromatic N) is 1. The second kappa shape index (κ2) is 10.5. The average molecular weight is 325 g/mol. The molecule has 0 N–H and O–H groups in total. The summed E-state index contributed by atoms with van der Waals surface area (Å²) in [7, 11) is 0. The van der Waals surface area contributed by atoms with E-state index in [0.29, 0.717) is 12.0 Å². The first-order chi connectivity index (χ1) is 11.5. The second-order valence-electron chi connectivity index (χ2n) is 6.06. The van der Waals surface area contributed by atoms with Gasteiger partial charge in [-0.15, -0.1) is 0 Å². The Hall–Kier alpha value is -2.29. The molecular weight excluding hydrogens is 298 g/mol. The fourth-order valence-corrected chi connectivity index (χ4v) is 2.20. The number of carbonyl (C=O) groups is 2. The zero-order valence-electron chi connectivity index (χ0n) is 15.1. The number of hydrogen-bond donors (Lipinski definition) is 0. The van der Waals surface area contributed by atoms with Gasteiger partial charge in [0.05, 0.1) is 0 Å². The molecule has 24 heavy (non-hydrogen) atoms. The maximum absolute atomic E-state index is 12.0. The minimum Gasteiger partial charge on any atom is -0.295 e. The zero-order valence-corrected chi connectivity index (χ0v) is 15.1. The first-order valence-corrected chi connectivity index (χ1v) is 8.48. The highest BCUT2D eigenvalue weighted by Crippen LogP contribution is 2.18. The Morgan fingerprint density at radius 1 is 1.33 bits per heavy atom. The molecule has 3 nitrogen and oxygen atoms in total. The average Bonchev–Trinajstić information content (AvgIpc) is 2.53. The van der Waals surface area contributed by atoms with Crippen LogP contribution in [0.1, 0.15) is 47.0 Å². The highest BCUT2D eigenvalue weighted by molar-refractivity contribution is 5.99. The largest absolute Gasteiger partial charge is 0.295 e. The van der Waals surface area contributed by atoms with Gasteiger partial charge in [-0.1, -0.05) is 57.6 Å². The molecule has 3 heteroatoms. The van der Waals surface area contributed by atoms with E-state index >= 15 is 0 Å². The molecule has 0 radical (unpaired) electrons. The van der Waals surface area contributed by atoms with Crippen molar-refractivity contribution in [3.05, 3.63) is 59.9 Å². The fraction of sp³-hybridized carbons (Fsp3) is 0.381. The number of hydrogen-bond acceptors (Lipinski definition) is 3. The fourth-order valence-electron chi connectivity index (χ4n) is 2.20. The lowest BCUT2D eigenvalue weighted by atomic mass is 9.97. The summed E-state index contributed by atoms with van der Waals surface area (Å²) >= 11 is 0. The van der Waals surface area contributed by atoms with E-state index in [1.165, 1.54) is 0 Å². The van der Waals surface area contributed by atoms with Crippen LogP contribution in [0.3, 0.4) is 0 Å². The summed E-state index contributed by atoms with van der Waals surface area (Å²) in [5, 5.41) is 0. The van der Waals surface area contributed by atoms with Crippen LogP contribution in [0.2, 0.25) is 0 Å². The van der Waals surface area contributed by atoms with Crippen molar-refractivity contribution in [1.82, 2.24) is 0 Å². The molecule has 1 aliphatic rings. The van der Waals surface area contributed by atoms with Crippen molar-refractivity contribution < 1.29 is 9.59 Å². The molecule has 1 rings (SSSR count). The van der Waals surface area contributed by atoms with Gasteiger partial charge in [0.25, 0.3) is 0 Å². The smallest absolute Gasteiger partial charge is 0.160 e. The Labute approximate surface area is 145 Å². The summed E-state index contributed by atoms with van der Waals surface area (Å²) in [6, 6.07) is 0. The van der Waals surface area contributed by atoms with Gasteiger partial charge in [0.1, 0.15) is 0 Å². The number of aliphatic imine (C=N–C) groups is 1. The Kier molecular flexibility index (Phi) is 8.63. The minimum atomic E-state index is -0.0272. The van der Waals surface area contributed by atoms with Crippen LogP contribution in [0.5, 0.6) is 0 Å². The van der Waals surface area contributed by atoms with Crippen molar-refractivity contribution in [2.45, 2.75) is 47.0 Å². The van der Waals surface area contributed by atoms with E-state index in [4.69, 9.17) is 0 Å². The van der Waals surface area contributed by atoms with Crippen LogP contribution in [0.25, 0.3) is 0 Å². The third-order valence-corrected chi connectivity index (χ3v) is 3.59. The third kappa shape index (κ3) is 6.86. The molecule has 0 spiro atoms. The Morgan fingerprint density at radius 2 is 2.08 bits per heavy atom. The quantitative estimate of drug-likeness (QED) is 0.650. The summed E-state index contributed by atoms with van der Waals surface area (Å²) in [4.78, 5) is 28.1. The van der Waals surface area contributed by atoms with E-state index in [1.807, 2.05) is 44.2 Å². The van der Waals surface area contributed by atoms with Crippen molar-refractivity contribution in [3.63, 3.8) is 0 Å². The molecule has 0 saturated heterocycles. The molecule has 0 aliphatic carbocycles. The molecule has 0 unspecified atom stereocenters. The van der Waals surface area contributed by atoms with Crippen molar-refractivity contribution >= 4 is 17.3 Å². The van der Waals surface area contributed by atoms with Gasteiger partial charge < -0.3 is 0 Å². The first kappa shape index (κ1) is 19.8. The first-order valence-electron chi connectivity index (χ1n) is 8.48. The van der Waals surface area contributed by atoms with Gasteiger partial charge in [0.15, 0.2) is 11.6 Å². The predicted molar refractivity (Wildman–Crippen MR) is 101 cm³/mol. The molecule has 1 aliphatic heterocycles. The molecule has 0 aromatic rings. The Bertz CT molecular complexity index is 641. The molecule has 0 bridgehead atoms. The molecule has 1 heterocycles. The van der Waals surface area contributed by atoms with Gasteiger partial charge in [-0.2, -0.15) is 0 Å². The topological polar surface area (TPSA) is 46.5 Å². The van der Waals surface area contributed by atoms with Crippen LogP contribution in [-0.2, 0) is 9.59 Å². The lowest BCUT2D eigenvalue weighted by Crippen LogP contribution is -2.02. The van der Waals surface area contributed by atoms with Crippen molar-refractivity contribution in [2.75, 3.05) is 0 Å². The molecule has 0 saturated carbocycles. The molecule has 0 amide bonds. The monoisotopic (exact) mass is 325 g/mol. The van der Waals surface area contributed by atoms with Gasteiger partial charge in [0, 0.05) is 23.4 Å². The van der Waals surface area contributed by atoms with E-state index in [1.54, 1.807) is 25.3 Å². The predicted octanol–water partition coefficient (Wildman–Crippen LogP) is 4.92. The molecule has 0 aromatic heterocycles. The standard InChI is InChI=1S/C21H27NO2/c1-5-9-19-12-7-13-20(17(4)23)18(11-8-15-22-19)10-6-14-21(24)16(2)3/h6-8,10,12-16H,5,9,11H2,1-4H3/b12-7?,14-6+,15-8+,18-10+,20-13+,22-19?. The zero-order chi connectivity index (χ0) is 17.9. The molecule has 0 atom stereocenters. The van der Waals surface area contributed by atoms with Crippen molar-refractivity contribution in [1.29, 1.82) is 0 Å². The number of allylic oxidation sites excluding steroid dienone is 9. The molecule has 128 valence electrons. The second-order valence-corrected chi connectivity index (χ2v) is 6.06. The maximum atomic E-state index is 12.0. The third-order valence-electron chi connectivity index (χ3n) is 3.59. The van der Waals surface area contributed by atoms with Crippen LogP contribution < -0.4 is 0 Å². The molecule has 0 fully saturated rings. The SMILES string of the molecule is CCCC1=N/C=C/CC(=C\C=C\C(=O)C(C)C)/C(C(C)=O)=C/C=C1. The summed E-state index contributed by atoms with van der Waals surface area (Å²) < 4.78 is 0. The molecular formula is C21H27NO2. The molecule has 0 aromatic carbocycles. The van der Waals surface area contributed by atoms with Crippen molar-refractivity contribution in [3.8, 4) is 0 Å². The normalized spacial score (nSPS) is 20.8.